The third kappa shape index (κ3) is 3.32. The molecule has 6 nitrogen and oxygen atoms in total. The number of carbonyl (C=O) groups is 2. The first-order valence-electron chi connectivity index (χ1n) is 8.20. The van der Waals surface area contributed by atoms with Crippen molar-refractivity contribution in [3.63, 3.8) is 0 Å². The normalized spacial score (nSPS) is 28.0. The smallest absolute Gasteiger partial charge is 0.314 e. The van der Waals surface area contributed by atoms with Crippen molar-refractivity contribution < 1.29 is 9.59 Å². The van der Waals surface area contributed by atoms with Gasteiger partial charge in [-0.2, -0.15) is 0 Å². The summed E-state index contributed by atoms with van der Waals surface area (Å²) in [5.41, 5.74) is 12.8. The molecule has 23 heavy (non-hydrogen) atoms. The highest BCUT2D eigenvalue weighted by molar-refractivity contribution is 5.81. The Balaban J connectivity index is 1.66. The molecule has 1 aromatic rings. The molecule has 6 heteroatoms. The van der Waals surface area contributed by atoms with Gasteiger partial charge in [0.05, 0.1) is 5.92 Å². The Labute approximate surface area is 136 Å². The largest absolute Gasteiger partial charge is 0.351 e. The van der Waals surface area contributed by atoms with Crippen LogP contribution in [-0.4, -0.2) is 54.0 Å². The van der Waals surface area contributed by atoms with Crippen LogP contribution in [0.1, 0.15) is 24.3 Å². The Morgan fingerprint density at radius 2 is 1.78 bits per heavy atom. The summed E-state index contributed by atoms with van der Waals surface area (Å²) in [7, 11) is 0. The Bertz CT molecular complexity index is 577. The van der Waals surface area contributed by atoms with Crippen LogP contribution >= 0.6 is 0 Å². The van der Waals surface area contributed by atoms with E-state index in [4.69, 9.17) is 11.5 Å². The van der Waals surface area contributed by atoms with Crippen LogP contribution in [0, 0.1) is 5.92 Å². The quantitative estimate of drug-likeness (QED) is 0.842. The van der Waals surface area contributed by atoms with Gasteiger partial charge in [-0.1, -0.05) is 30.3 Å². The van der Waals surface area contributed by atoms with E-state index in [9.17, 15) is 9.59 Å². The van der Waals surface area contributed by atoms with Crippen molar-refractivity contribution in [1.29, 1.82) is 0 Å². The zero-order valence-electron chi connectivity index (χ0n) is 13.2. The van der Waals surface area contributed by atoms with Gasteiger partial charge in [-0.25, -0.2) is 4.79 Å². The zero-order chi connectivity index (χ0) is 16.4. The number of primary amides is 1. The second kappa shape index (κ2) is 6.58. The molecule has 3 atom stereocenters. The summed E-state index contributed by atoms with van der Waals surface area (Å²) in [5, 5.41) is 0. The highest BCUT2D eigenvalue weighted by Crippen LogP contribution is 2.29. The fraction of sp³-hybridized carbons (Fsp3) is 0.529. The van der Waals surface area contributed by atoms with Crippen molar-refractivity contribution in [3.05, 3.63) is 35.9 Å². The minimum atomic E-state index is -0.442. The minimum Gasteiger partial charge on any atom is -0.351 e. The summed E-state index contributed by atoms with van der Waals surface area (Å²) >= 11 is 0. The number of piperidine rings is 1. The molecule has 0 spiro atoms. The summed E-state index contributed by atoms with van der Waals surface area (Å²) in [6.07, 6.45) is 1.63. The summed E-state index contributed by atoms with van der Waals surface area (Å²) in [4.78, 5) is 27.5. The molecule has 1 unspecified atom stereocenters. The molecule has 2 aliphatic rings. The SMILES string of the molecule is NC(=O)N1CCCC(C(=O)N2C[C@@H](N)[C@H](c3ccccc3)C2)C1. The van der Waals surface area contributed by atoms with E-state index in [1.165, 1.54) is 5.56 Å². The van der Waals surface area contributed by atoms with E-state index in [0.29, 0.717) is 26.2 Å². The summed E-state index contributed by atoms with van der Waals surface area (Å²) in [6, 6.07) is 9.62. The molecule has 2 fully saturated rings. The molecule has 3 amide bonds. The van der Waals surface area contributed by atoms with Crippen molar-refractivity contribution in [1.82, 2.24) is 9.80 Å². The van der Waals surface area contributed by atoms with E-state index in [0.717, 1.165) is 12.8 Å². The summed E-state index contributed by atoms with van der Waals surface area (Å²) in [5.74, 6) is 0.124. The number of nitrogens with two attached hydrogens (primary N) is 2. The third-order valence-electron chi connectivity index (χ3n) is 4.99. The average Bonchev–Trinajstić information content (AvgIpc) is 2.97. The predicted molar refractivity (Wildman–Crippen MR) is 87.6 cm³/mol. The fourth-order valence-corrected chi connectivity index (χ4v) is 3.70. The van der Waals surface area contributed by atoms with Crippen molar-refractivity contribution in [2.75, 3.05) is 26.2 Å². The van der Waals surface area contributed by atoms with Crippen LogP contribution < -0.4 is 11.5 Å². The Kier molecular flexibility index (Phi) is 4.52. The molecular weight excluding hydrogens is 292 g/mol. The number of hydrogen-bond donors (Lipinski definition) is 2. The van der Waals surface area contributed by atoms with Crippen molar-refractivity contribution >= 4 is 11.9 Å². The van der Waals surface area contributed by atoms with Crippen molar-refractivity contribution in [2.24, 2.45) is 17.4 Å². The highest BCUT2D eigenvalue weighted by Gasteiger charge is 2.37. The van der Waals surface area contributed by atoms with Crippen LogP contribution in [0.3, 0.4) is 0 Å². The molecule has 2 saturated heterocycles. The number of amides is 3. The molecule has 0 saturated carbocycles. The number of hydrogen-bond acceptors (Lipinski definition) is 3. The molecule has 1 aromatic carbocycles. The fourth-order valence-electron chi connectivity index (χ4n) is 3.70. The van der Waals surface area contributed by atoms with Gasteiger partial charge >= 0.3 is 6.03 Å². The Morgan fingerprint density at radius 3 is 2.48 bits per heavy atom. The molecule has 0 aliphatic carbocycles. The van der Waals surface area contributed by atoms with E-state index in [1.54, 1.807) is 4.90 Å². The van der Waals surface area contributed by atoms with Gasteiger partial charge in [-0.05, 0) is 18.4 Å². The third-order valence-corrected chi connectivity index (χ3v) is 4.99. The topological polar surface area (TPSA) is 92.7 Å². The lowest BCUT2D eigenvalue weighted by atomic mass is 9.95. The maximum Gasteiger partial charge on any atom is 0.314 e. The van der Waals surface area contributed by atoms with E-state index >= 15 is 0 Å². The molecule has 0 radical (unpaired) electrons. The maximum atomic E-state index is 12.8. The van der Waals surface area contributed by atoms with Gasteiger partial charge in [0.1, 0.15) is 0 Å². The van der Waals surface area contributed by atoms with Gasteiger partial charge in [0.15, 0.2) is 0 Å². The van der Waals surface area contributed by atoms with E-state index in [-0.39, 0.29) is 23.8 Å². The molecule has 2 aliphatic heterocycles. The summed E-state index contributed by atoms with van der Waals surface area (Å²) < 4.78 is 0. The van der Waals surface area contributed by atoms with Gasteiger partial charge in [0.2, 0.25) is 5.91 Å². The average molecular weight is 316 g/mol. The lowest BCUT2D eigenvalue weighted by Crippen LogP contribution is -2.48. The molecule has 4 N–H and O–H groups in total. The van der Waals surface area contributed by atoms with Crippen molar-refractivity contribution in [3.8, 4) is 0 Å². The first-order valence-corrected chi connectivity index (χ1v) is 8.20. The van der Waals surface area contributed by atoms with E-state index < -0.39 is 6.03 Å². The lowest BCUT2D eigenvalue weighted by Gasteiger charge is -2.33. The standard InChI is InChI=1S/C17H24N4O2/c18-15-11-21(10-14(15)12-5-2-1-3-6-12)16(22)13-7-4-8-20(9-13)17(19)23/h1-3,5-6,13-15H,4,7-11,18H2,(H2,19,23)/t13?,14-,15+/m0/s1. The van der Waals surface area contributed by atoms with Crippen LogP contribution in [0.15, 0.2) is 30.3 Å². The molecular formula is C17H24N4O2. The molecule has 3 rings (SSSR count). The Morgan fingerprint density at radius 1 is 1.04 bits per heavy atom. The second-order valence-corrected chi connectivity index (χ2v) is 6.55. The van der Waals surface area contributed by atoms with Crippen LogP contribution in [0.2, 0.25) is 0 Å². The van der Waals surface area contributed by atoms with E-state index in [1.807, 2.05) is 23.1 Å². The predicted octanol–water partition coefficient (Wildman–Crippen LogP) is 0.730. The second-order valence-electron chi connectivity index (χ2n) is 6.55. The number of carbonyl (C=O) groups excluding carboxylic acids is 2. The van der Waals surface area contributed by atoms with Gasteiger partial charge < -0.3 is 21.3 Å². The molecule has 0 bridgehead atoms. The van der Waals surface area contributed by atoms with Gasteiger partial charge in [0.25, 0.3) is 0 Å². The zero-order valence-corrected chi connectivity index (χ0v) is 13.2. The van der Waals surface area contributed by atoms with Gasteiger partial charge in [-0.15, -0.1) is 0 Å². The Hall–Kier alpha value is -2.08. The highest BCUT2D eigenvalue weighted by atomic mass is 16.2. The number of nitrogens with zero attached hydrogens (tertiary/aromatic N) is 2. The van der Waals surface area contributed by atoms with Crippen LogP contribution in [0.25, 0.3) is 0 Å². The number of urea groups is 1. The molecule has 124 valence electrons. The van der Waals surface area contributed by atoms with Gasteiger partial charge in [-0.3, -0.25) is 4.79 Å². The van der Waals surface area contributed by atoms with E-state index in [2.05, 4.69) is 12.1 Å². The van der Waals surface area contributed by atoms with Crippen LogP contribution in [0.5, 0.6) is 0 Å². The van der Waals surface area contributed by atoms with Gasteiger partial charge in [0, 0.05) is 38.1 Å². The maximum absolute atomic E-state index is 12.8. The number of benzene rings is 1. The summed E-state index contributed by atoms with van der Waals surface area (Å²) in [6.45, 7) is 2.30. The first-order chi connectivity index (χ1) is 11.1. The molecule has 0 aromatic heterocycles. The number of rotatable bonds is 2. The monoisotopic (exact) mass is 316 g/mol. The first kappa shape index (κ1) is 15.8. The van der Waals surface area contributed by atoms with Crippen LogP contribution in [0.4, 0.5) is 4.79 Å². The van der Waals surface area contributed by atoms with Crippen LogP contribution in [-0.2, 0) is 4.79 Å². The minimum absolute atomic E-state index is 0.0443. The number of likely N-dealkylation sites (tertiary alicyclic amines) is 2. The molecule has 2 heterocycles. The van der Waals surface area contributed by atoms with Crippen molar-refractivity contribution in [2.45, 2.75) is 24.8 Å². The lowest BCUT2D eigenvalue weighted by molar-refractivity contribution is -0.135.